The molecule has 0 radical (unpaired) electrons. The Balaban J connectivity index is 2.13. The number of ether oxygens (including phenoxy) is 1. The first-order valence-electron chi connectivity index (χ1n) is 8.11. The molecule has 1 saturated carbocycles. The van der Waals surface area contributed by atoms with Gasteiger partial charge in [0, 0.05) is 17.6 Å². The minimum absolute atomic E-state index is 0.335. The molecule has 6 heteroatoms. The molecule has 5 nitrogen and oxygen atoms in total. The van der Waals surface area contributed by atoms with Crippen LogP contribution < -0.4 is 5.43 Å². The summed E-state index contributed by atoms with van der Waals surface area (Å²) >= 11 is 3.40. The summed E-state index contributed by atoms with van der Waals surface area (Å²) in [7, 11) is 1.93. The van der Waals surface area contributed by atoms with Crippen LogP contribution in [0, 0.1) is 0 Å². The van der Waals surface area contributed by atoms with E-state index in [1.165, 1.54) is 19.3 Å². The lowest BCUT2D eigenvalue weighted by atomic mass is 9.94. The van der Waals surface area contributed by atoms with Crippen LogP contribution in [0.15, 0.2) is 33.8 Å². The minimum atomic E-state index is -0.384. The highest BCUT2D eigenvalue weighted by molar-refractivity contribution is 9.10. The molecule has 2 rings (SSSR count). The number of carbonyl (C=O) groups is 1. The monoisotopic (exact) mass is 381 g/mol. The molecule has 1 N–H and O–H groups in total. The number of carbonyl (C=O) groups excluding carboxylic acids is 1. The highest BCUT2D eigenvalue weighted by atomic mass is 79.9. The number of benzene rings is 1. The van der Waals surface area contributed by atoms with Crippen molar-refractivity contribution in [3.8, 4) is 0 Å². The van der Waals surface area contributed by atoms with Gasteiger partial charge in [-0.1, -0.05) is 35.2 Å². The zero-order valence-corrected chi connectivity index (χ0v) is 15.3. The van der Waals surface area contributed by atoms with Crippen molar-refractivity contribution in [2.45, 2.75) is 45.1 Å². The van der Waals surface area contributed by atoms with Crippen molar-refractivity contribution in [2.24, 2.45) is 5.10 Å². The van der Waals surface area contributed by atoms with E-state index in [1.54, 1.807) is 6.92 Å². The van der Waals surface area contributed by atoms with Crippen LogP contribution in [0.2, 0.25) is 0 Å². The van der Waals surface area contributed by atoms with Gasteiger partial charge in [0.05, 0.1) is 12.3 Å². The Bertz CT molecular complexity index is 539. The average Bonchev–Trinajstić information content (AvgIpc) is 2.57. The summed E-state index contributed by atoms with van der Waals surface area (Å²) in [6.45, 7) is 2.15. The Kier molecular flexibility index (Phi) is 6.89. The van der Waals surface area contributed by atoms with Crippen molar-refractivity contribution >= 4 is 33.4 Å². The molecule has 126 valence electrons. The van der Waals surface area contributed by atoms with Crippen molar-refractivity contribution in [1.82, 2.24) is 4.90 Å². The van der Waals surface area contributed by atoms with Crippen molar-refractivity contribution in [3.05, 3.63) is 28.7 Å². The van der Waals surface area contributed by atoms with E-state index in [0.717, 1.165) is 23.0 Å². The largest absolute Gasteiger partial charge is 0.460 e. The minimum Gasteiger partial charge on any atom is -0.460 e. The van der Waals surface area contributed by atoms with E-state index in [4.69, 9.17) is 4.74 Å². The van der Waals surface area contributed by atoms with Gasteiger partial charge < -0.3 is 9.64 Å². The van der Waals surface area contributed by atoms with E-state index in [2.05, 4.69) is 26.5 Å². The third-order valence-electron chi connectivity index (χ3n) is 4.05. The van der Waals surface area contributed by atoms with Crippen molar-refractivity contribution in [2.75, 3.05) is 19.1 Å². The predicted octanol–water partition coefficient (Wildman–Crippen LogP) is 4.00. The number of esters is 1. The van der Waals surface area contributed by atoms with Crippen molar-refractivity contribution in [1.29, 1.82) is 0 Å². The van der Waals surface area contributed by atoms with Gasteiger partial charge in [-0.05, 0) is 44.0 Å². The smallest absolute Gasteiger partial charge is 0.375 e. The Labute approximate surface area is 146 Å². The third-order valence-corrected chi connectivity index (χ3v) is 4.58. The van der Waals surface area contributed by atoms with Gasteiger partial charge in [-0.3, -0.25) is 5.43 Å². The number of anilines is 1. The number of hydrogen-bond donors (Lipinski definition) is 1. The zero-order chi connectivity index (χ0) is 16.7. The molecule has 1 fully saturated rings. The first-order valence-corrected chi connectivity index (χ1v) is 8.90. The van der Waals surface area contributed by atoms with E-state index in [9.17, 15) is 4.79 Å². The fourth-order valence-electron chi connectivity index (χ4n) is 2.75. The lowest BCUT2D eigenvalue weighted by molar-refractivity contribution is -0.136. The zero-order valence-electron chi connectivity index (χ0n) is 13.7. The number of nitrogens with zero attached hydrogens (tertiary/aromatic N) is 2. The Morgan fingerprint density at radius 1 is 1.30 bits per heavy atom. The second-order valence-corrected chi connectivity index (χ2v) is 6.59. The van der Waals surface area contributed by atoms with E-state index >= 15 is 0 Å². The van der Waals surface area contributed by atoms with Crippen LogP contribution >= 0.6 is 15.9 Å². The molecule has 0 spiro atoms. The molecule has 1 aromatic carbocycles. The van der Waals surface area contributed by atoms with Gasteiger partial charge in [-0.25, -0.2) is 4.79 Å². The lowest BCUT2D eigenvalue weighted by Gasteiger charge is -2.32. The van der Waals surface area contributed by atoms with Gasteiger partial charge in [0.1, 0.15) is 0 Å². The summed E-state index contributed by atoms with van der Waals surface area (Å²) in [6.07, 6.45) is 5.85. The Morgan fingerprint density at radius 2 is 1.96 bits per heavy atom. The number of halogens is 1. The first-order chi connectivity index (χ1) is 11.1. The van der Waals surface area contributed by atoms with Gasteiger partial charge >= 0.3 is 5.97 Å². The van der Waals surface area contributed by atoms with E-state index < -0.39 is 0 Å². The molecular formula is C17H24BrN3O2. The molecule has 0 amide bonds. The third kappa shape index (κ3) is 5.23. The quantitative estimate of drug-likeness (QED) is 0.370. The van der Waals surface area contributed by atoms with Crippen LogP contribution in [-0.2, 0) is 9.53 Å². The highest BCUT2D eigenvalue weighted by Crippen LogP contribution is 2.22. The van der Waals surface area contributed by atoms with Gasteiger partial charge in [0.2, 0.25) is 5.84 Å². The number of hydrazone groups is 1. The van der Waals surface area contributed by atoms with E-state index in [-0.39, 0.29) is 5.97 Å². The predicted molar refractivity (Wildman–Crippen MR) is 96.5 cm³/mol. The molecule has 0 heterocycles. The average molecular weight is 382 g/mol. The van der Waals surface area contributed by atoms with Crippen LogP contribution in [0.25, 0.3) is 0 Å². The van der Waals surface area contributed by atoms with Crippen LogP contribution in [0.5, 0.6) is 0 Å². The second kappa shape index (κ2) is 8.91. The second-order valence-electron chi connectivity index (χ2n) is 5.68. The molecule has 0 aromatic heterocycles. The van der Waals surface area contributed by atoms with Gasteiger partial charge in [-0.15, -0.1) is 5.10 Å². The summed E-state index contributed by atoms with van der Waals surface area (Å²) in [6, 6.07) is 7.99. The normalized spacial score (nSPS) is 16.0. The molecule has 23 heavy (non-hydrogen) atoms. The summed E-state index contributed by atoms with van der Waals surface area (Å²) in [5.41, 5.74) is 3.78. The van der Waals surface area contributed by atoms with Crippen LogP contribution in [0.1, 0.15) is 39.0 Å². The van der Waals surface area contributed by atoms with Crippen LogP contribution in [-0.4, -0.2) is 36.4 Å². The maximum atomic E-state index is 12.3. The number of nitrogens with one attached hydrogen (secondary N) is 1. The first kappa shape index (κ1) is 17.8. The van der Waals surface area contributed by atoms with Crippen molar-refractivity contribution in [3.63, 3.8) is 0 Å². The fraction of sp³-hybridized carbons (Fsp3) is 0.529. The fourth-order valence-corrected chi connectivity index (χ4v) is 3.01. The molecule has 0 aliphatic heterocycles. The van der Waals surface area contributed by atoms with E-state index in [1.807, 2.05) is 36.2 Å². The molecule has 1 aliphatic rings. The number of hydrogen-bond acceptors (Lipinski definition) is 4. The molecule has 0 bridgehead atoms. The van der Waals surface area contributed by atoms with Gasteiger partial charge in [0.25, 0.3) is 0 Å². The Morgan fingerprint density at radius 3 is 2.57 bits per heavy atom. The van der Waals surface area contributed by atoms with Gasteiger partial charge in [0.15, 0.2) is 0 Å². The highest BCUT2D eigenvalue weighted by Gasteiger charge is 2.26. The Hall–Kier alpha value is -1.56. The van der Waals surface area contributed by atoms with Crippen LogP contribution in [0.3, 0.4) is 0 Å². The van der Waals surface area contributed by atoms with Crippen LogP contribution in [0.4, 0.5) is 5.69 Å². The SMILES string of the molecule is CCOC(=O)/C(=N\Nc1ccc(Br)cc1)N(C)C1CCCCC1. The lowest BCUT2D eigenvalue weighted by Crippen LogP contribution is -2.43. The summed E-state index contributed by atoms with van der Waals surface area (Å²) < 4.78 is 6.16. The summed E-state index contributed by atoms with van der Waals surface area (Å²) in [5.74, 6) is -0.0492. The number of amidine groups is 1. The molecule has 0 atom stereocenters. The molecule has 0 saturated heterocycles. The molecular weight excluding hydrogens is 358 g/mol. The molecule has 0 unspecified atom stereocenters. The molecule has 1 aliphatic carbocycles. The van der Waals surface area contributed by atoms with E-state index in [0.29, 0.717) is 18.5 Å². The standard InChI is InChI=1S/C17H24BrN3O2/c1-3-23-17(22)16(21(2)15-7-5-4-6-8-15)20-19-14-11-9-13(18)10-12-14/h9-12,15,19H,3-8H2,1-2H3/b20-16+. The maximum Gasteiger partial charge on any atom is 0.375 e. The summed E-state index contributed by atoms with van der Waals surface area (Å²) in [5, 5.41) is 4.32. The number of rotatable bonds is 4. The number of likely N-dealkylation sites (N-methyl/N-ethyl adjacent to an activating group) is 1. The summed E-state index contributed by atoms with van der Waals surface area (Å²) in [4.78, 5) is 14.2. The maximum absolute atomic E-state index is 12.3. The topological polar surface area (TPSA) is 53.9 Å². The van der Waals surface area contributed by atoms with Gasteiger partial charge in [-0.2, -0.15) is 0 Å². The molecule has 1 aromatic rings. The van der Waals surface area contributed by atoms with Crippen molar-refractivity contribution < 1.29 is 9.53 Å².